The fourth-order valence-corrected chi connectivity index (χ4v) is 3.04. The van der Waals surface area contributed by atoms with Gasteiger partial charge in [-0.1, -0.05) is 12.1 Å². The summed E-state index contributed by atoms with van der Waals surface area (Å²) in [7, 11) is -3.57. The molecule has 1 amide bonds. The van der Waals surface area contributed by atoms with Crippen LogP contribution in [-0.4, -0.2) is 38.8 Å². The summed E-state index contributed by atoms with van der Waals surface area (Å²) in [6, 6.07) is 6.49. The lowest BCUT2D eigenvalue weighted by molar-refractivity contribution is -0.119. The highest BCUT2D eigenvalue weighted by atomic mass is 35.5. The second-order valence-corrected chi connectivity index (χ2v) is 7.18. The van der Waals surface area contributed by atoms with Gasteiger partial charge < -0.3 is 11.1 Å². The molecule has 0 saturated carbocycles. The third-order valence-corrected chi connectivity index (χ3v) is 4.18. The van der Waals surface area contributed by atoms with Crippen molar-refractivity contribution in [3.05, 3.63) is 29.8 Å². The van der Waals surface area contributed by atoms with Crippen LogP contribution in [0.3, 0.4) is 0 Å². The number of aliphatic imine (C=N–C) groups is 1. The molecule has 0 saturated heterocycles. The van der Waals surface area contributed by atoms with Crippen molar-refractivity contribution in [1.29, 1.82) is 0 Å². The largest absolute Gasteiger partial charge is 0.353 e. The molecule has 0 aromatic heterocycles. The van der Waals surface area contributed by atoms with Gasteiger partial charge in [0.15, 0.2) is 0 Å². The molecule has 4 N–H and O–H groups in total. The summed E-state index contributed by atoms with van der Waals surface area (Å²) in [5.41, 5.74) is 5.73. The maximum Gasteiger partial charge on any atom is 0.263 e. The fourth-order valence-electron chi connectivity index (χ4n) is 1.78. The average Bonchev–Trinajstić information content (AvgIpc) is 2.65. The van der Waals surface area contributed by atoms with E-state index in [2.05, 4.69) is 15.0 Å². The van der Waals surface area contributed by atoms with E-state index in [-0.39, 0.29) is 35.6 Å². The summed E-state index contributed by atoms with van der Waals surface area (Å²) in [5.74, 6) is -0.127. The summed E-state index contributed by atoms with van der Waals surface area (Å²) in [6.45, 7) is 3.74. The van der Waals surface area contributed by atoms with Crippen molar-refractivity contribution < 1.29 is 13.2 Å². The number of rotatable bonds is 4. The van der Waals surface area contributed by atoms with Crippen molar-refractivity contribution in [2.75, 3.05) is 13.1 Å². The van der Waals surface area contributed by atoms with Crippen molar-refractivity contribution in [1.82, 2.24) is 10.0 Å². The average molecular weight is 347 g/mol. The third-order valence-electron chi connectivity index (χ3n) is 2.78. The number of hydrogen-bond donors (Lipinski definition) is 3. The Labute approximate surface area is 135 Å². The van der Waals surface area contributed by atoms with Crippen molar-refractivity contribution in [3.8, 4) is 0 Å². The second-order valence-electron chi connectivity index (χ2n) is 5.53. The van der Waals surface area contributed by atoms with Crippen molar-refractivity contribution in [3.63, 3.8) is 0 Å². The van der Waals surface area contributed by atoms with E-state index in [1.807, 2.05) is 0 Å². The Kier molecular flexibility index (Phi) is 5.55. The van der Waals surface area contributed by atoms with Crippen LogP contribution in [0.2, 0.25) is 0 Å². The molecule has 0 fully saturated rings. The summed E-state index contributed by atoms with van der Waals surface area (Å²) in [4.78, 5) is 15.9. The summed E-state index contributed by atoms with van der Waals surface area (Å²) < 4.78 is 26.1. The lowest BCUT2D eigenvalue weighted by atomic mass is 10.1. The minimum atomic E-state index is -3.57. The van der Waals surface area contributed by atoms with E-state index in [0.717, 1.165) is 0 Å². The predicted octanol–water partition coefficient (Wildman–Crippen LogP) is 0.000400. The van der Waals surface area contributed by atoms with Crippen LogP contribution >= 0.6 is 12.4 Å². The number of amides is 1. The molecule has 0 aliphatic carbocycles. The first-order chi connectivity index (χ1) is 9.69. The SMILES string of the molecule is CC(C)(N)CNC(=O)CN=C1NS(=O)(=O)c2ccccc21.Cl. The molecular formula is C13H19ClN4O3S. The predicted molar refractivity (Wildman–Crippen MR) is 86.7 cm³/mol. The summed E-state index contributed by atoms with van der Waals surface area (Å²) in [5, 5.41) is 2.64. The molecule has 0 spiro atoms. The fraction of sp³-hybridized carbons (Fsp3) is 0.385. The normalized spacial score (nSPS) is 17.3. The van der Waals surface area contributed by atoms with Crippen LogP contribution in [0.1, 0.15) is 19.4 Å². The minimum absolute atomic E-state index is 0. The zero-order valence-electron chi connectivity index (χ0n) is 12.3. The number of carbonyl (C=O) groups excluding carboxylic acids is 1. The van der Waals surface area contributed by atoms with Gasteiger partial charge in [-0.2, -0.15) is 0 Å². The van der Waals surface area contributed by atoms with Gasteiger partial charge in [-0.3, -0.25) is 14.5 Å². The van der Waals surface area contributed by atoms with Crippen LogP contribution in [0.25, 0.3) is 0 Å². The topological polar surface area (TPSA) is 114 Å². The highest BCUT2D eigenvalue weighted by molar-refractivity contribution is 7.90. The van der Waals surface area contributed by atoms with Crippen LogP contribution in [0.4, 0.5) is 0 Å². The maximum absolute atomic E-state index is 11.9. The zero-order chi connectivity index (χ0) is 15.7. The molecule has 0 radical (unpaired) electrons. The van der Waals surface area contributed by atoms with E-state index < -0.39 is 15.6 Å². The lowest BCUT2D eigenvalue weighted by Gasteiger charge is -2.18. The monoisotopic (exact) mass is 346 g/mol. The number of nitrogens with two attached hydrogens (primary N) is 1. The van der Waals surface area contributed by atoms with Gasteiger partial charge in [0.2, 0.25) is 5.91 Å². The van der Waals surface area contributed by atoms with Crippen LogP contribution in [0.15, 0.2) is 34.2 Å². The van der Waals surface area contributed by atoms with Crippen molar-refractivity contribution >= 4 is 34.2 Å². The van der Waals surface area contributed by atoms with E-state index in [9.17, 15) is 13.2 Å². The Morgan fingerprint density at radius 3 is 2.64 bits per heavy atom. The number of fused-ring (bicyclic) bond motifs is 1. The molecular weight excluding hydrogens is 328 g/mol. The molecule has 9 heteroatoms. The van der Waals surface area contributed by atoms with Gasteiger partial charge in [0.05, 0.1) is 4.90 Å². The Morgan fingerprint density at radius 1 is 1.36 bits per heavy atom. The number of nitrogens with zero attached hydrogens (tertiary/aromatic N) is 1. The van der Waals surface area contributed by atoms with Crippen molar-refractivity contribution in [2.45, 2.75) is 24.3 Å². The van der Waals surface area contributed by atoms with Gasteiger partial charge in [0, 0.05) is 17.6 Å². The number of nitrogens with one attached hydrogen (secondary N) is 2. The summed E-state index contributed by atoms with van der Waals surface area (Å²) in [6.07, 6.45) is 0. The van der Waals surface area contributed by atoms with Gasteiger partial charge in [-0.25, -0.2) is 8.42 Å². The highest BCUT2D eigenvalue weighted by Gasteiger charge is 2.30. The standard InChI is InChI=1S/C13H18N4O3S.ClH/c1-13(2,14)8-16-11(18)7-15-12-9-5-3-4-6-10(9)21(19,20)17-12;/h3-6H,7-8,14H2,1-2H3,(H,15,17)(H,16,18);1H. The molecule has 1 aromatic carbocycles. The van der Waals surface area contributed by atoms with Gasteiger partial charge in [0.1, 0.15) is 12.4 Å². The molecule has 7 nitrogen and oxygen atoms in total. The van der Waals surface area contributed by atoms with E-state index in [1.54, 1.807) is 32.0 Å². The molecule has 0 atom stereocenters. The van der Waals surface area contributed by atoms with Gasteiger partial charge in [-0.15, -0.1) is 12.4 Å². The molecule has 2 rings (SSSR count). The maximum atomic E-state index is 11.9. The second kappa shape index (κ2) is 6.64. The molecule has 22 heavy (non-hydrogen) atoms. The van der Waals surface area contributed by atoms with E-state index in [0.29, 0.717) is 12.1 Å². The molecule has 1 aliphatic heterocycles. The van der Waals surface area contributed by atoms with Gasteiger partial charge in [0.25, 0.3) is 10.0 Å². The zero-order valence-corrected chi connectivity index (χ0v) is 13.9. The van der Waals surface area contributed by atoms with Crippen LogP contribution in [0, 0.1) is 0 Å². The molecule has 122 valence electrons. The molecule has 0 unspecified atom stereocenters. The van der Waals surface area contributed by atoms with Crippen LogP contribution < -0.4 is 15.8 Å². The molecule has 0 bridgehead atoms. The Hall–Kier alpha value is -1.64. The van der Waals surface area contributed by atoms with E-state index >= 15 is 0 Å². The number of carbonyl (C=O) groups is 1. The Balaban J connectivity index is 0.00000242. The summed E-state index contributed by atoms with van der Waals surface area (Å²) >= 11 is 0. The highest BCUT2D eigenvalue weighted by Crippen LogP contribution is 2.21. The first kappa shape index (κ1) is 18.4. The lowest BCUT2D eigenvalue weighted by Crippen LogP contribution is -2.45. The van der Waals surface area contributed by atoms with Crippen LogP contribution in [-0.2, 0) is 14.8 Å². The molecule has 1 aromatic rings. The quantitative estimate of drug-likeness (QED) is 0.712. The Morgan fingerprint density at radius 2 is 2.00 bits per heavy atom. The molecule has 1 aliphatic rings. The molecule has 1 heterocycles. The number of sulfonamides is 1. The van der Waals surface area contributed by atoms with E-state index in [4.69, 9.17) is 5.73 Å². The first-order valence-corrected chi connectivity index (χ1v) is 7.90. The minimum Gasteiger partial charge on any atom is -0.353 e. The first-order valence-electron chi connectivity index (χ1n) is 6.41. The number of benzene rings is 1. The van der Waals surface area contributed by atoms with Crippen LogP contribution in [0.5, 0.6) is 0 Å². The van der Waals surface area contributed by atoms with Gasteiger partial charge in [-0.05, 0) is 26.0 Å². The number of hydrogen-bond acceptors (Lipinski definition) is 5. The smallest absolute Gasteiger partial charge is 0.263 e. The van der Waals surface area contributed by atoms with Gasteiger partial charge >= 0.3 is 0 Å². The Bertz CT molecular complexity index is 695. The number of halogens is 1. The van der Waals surface area contributed by atoms with E-state index in [1.165, 1.54) is 6.07 Å². The number of amidine groups is 1. The third kappa shape index (κ3) is 4.43. The van der Waals surface area contributed by atoms with Crippen molar-refractivity contribution in [2.24, 2.45) is 10.7 Å².